The summed E-state index contributed by atoms with van der Waals surface area (Å²) in [4.78, 5) is 31.5. The molecule has 125 heavy (non-hydrogen) atoms. The van der Waals surface area contributed by atoms with Gasteiger partial charge in [-0.25, -0.2) is 6.57 Å². The lowest BCUT2D eigenvalue weighted by molar-refractivity contribution is 0.0263. The molecule has 25 rings (SSSR count). The van der Waals surface area contributed by atoms with Crippen molar-refractivity contribution in [1.82, 2.24) is 47.3 Å². The van der Waals surface area contributed by atoms with Crippen LogP contribution in [0.1, 0.15) is 231 Å². The van der Waals surface area contributed by atoms with Crippen LogP contribution in [0.5, 0.6) is 0 Å². The fraction of sp³-hybridized carbons (Fsp3) is 0.481. The normalized spacial score (nSPS) is 28.0. The lowest BCUT2D eigenvalue weighted by Crippen LogP contribution is -2.51. The predicted octanol–water partition coefficient (Wildman–Crippen LogP) is 22.9. The Labute approximate surface area is 751 Å². The Kier molecular flexibility index (Phi) is 22.2. The van der Waals surface area contributed by atoms with Crippen molar-refractivity contribution in [3.63, 3.8) is 0 Å². The van der Waals surface area contributed by atoms with Gasteiger partial charge in [0.15, 0.2) is 0 Å². The monoisotopic (exact) mass is 1780 g/mol. The van der Waals surface area contributed by atoms with Gasteiger partial charge in [0.1, 0.15) is 7.11 Å². The molecule has 0 spiro atoms. The Bertz CT molecular complexity index is 6190. The van der Waals surface area contributed by atoms with Crippen molar-refractivity contribution in [3.05, 3.63) is 242 Å². The number of rotatable bonds is 11. The highest BCUT2D eigenvalue weighted by Crippen LogP contribution is 2.64. The third kappa shape index (κ3) is 12.5. The molecule has 20 heterocycles. The third-order valence-electron chi connectivity index (χ3n) is 33.2. The second-order valence-electron chi connectivity index (χ2n) is 38.0. The van der Waals surface area contributed by atoms with Gasteiger partial charge in [-0.05, 0) is 237 Å². The molecular weight excluding hydrogens is 1660 g/mol. The number of piperidine rings is 5. The van der Waals surface area contributed by atoms with E-state index in [4.69, 9.17) is 24.6 Å². The van der Waals surface area contributed by atoms with Crippen LogP contribution in [-0.4, -0.2) is 160 Å². The van der Waals surface area contributed by atoms with Gasteiger partial charge in [0, 0.05) is 127 Å². The Morgan fingerprint density at radius 2 is 0.656 bits per heavy atom. The minimum atomic E-state index is 0.00770. The lowest BCUT2D eigenvalue weighted by Gasteiger charge is -2.53. The van der Waals surface area contributed by atoms with Crippen molar-refractivity contribution < 1.29 is 15.2 Å². The smallest absolute Gasteiger partial charge is 0.338 e. The fourth-order valence-electron chi connectivity index (χ4n) is 28.0. The molecule has 0 bridgehead atoms. The van der Waals surface area contributed by atoms with Crippen molar-refractivity contribution in [3.8, 4) is 0 Å². The van der Waals surface area contributed by atoms with Crippen LogP contribution in [0.3, 0.4) is 0 Å². The zero-order chi connectivity index (χ0) is 86.0. The van der Waals surface area contributed by atoms with Crippen LogP contribution in [-0.2, 0) is 36.9 Å². The molecule has 0 saturated carbocycles. The van der Waals surface area contributed by atoms with Crippen molar-refractivity contribution >= 4 is 117 Å². The number of hydrogen-bond donors (Lipinski definition) is 2. The number of aromatic nitrogens is 5. The van der Waals surface area contributed by atoms with Gasteiger partial charge >= 0.3 is 11.7 Å². The maximum absolute atomic E-state index is 10.1. The number of amidine groups is 2. The average molecular weight is 1780 g/mol. The summed E-state index contributed by atoms with van der Waals surface area (Å²) in [6.07, 6.45) is 37.0. The van der Waals surface area contributed by atoms with Gasteiger partial charge in [-0.3, -0.25) is 24.5 Å². The van der Waals surface area contributed by atoms with E-state index >= 15 is 0 Å². The number of benzene rings is 5. The van der Waals surface area contributed by atoms with Crippen LogP contribution in [0, 0.1) is 46.8 Å². The maximum atomic E-state index is 10.1. The second-order valence-corrected chi connectivity index (χ2v) is 38.0. The molecule has 10 aromatic rings. The third-order valence-corrected chi connectivity index (χ3v) is 33.2. The van der Waals surface area contributed by atoms with Gasteiger partial charge in [-0.15, -0.1) is 0 Å². The Morgan fingerprint density at radius 1 is 0.384 bits per heavy atom. The number of aliphatic hydroxyl groups is 1. The highest BCUT2D eigenvalue weighted by molar-refractivity contribution is 14.1. The van der Waals surface area contributed by atoms with Crippen LogP contribution in [0.4, 0.5) is 0 Å². The zero-order valence-electron chi connectivity index (χ0n) is 74.5. The summed E-state index contributed by atoms with van der Waals surface area (Å²) in [7, 11) is 1.51. The van der Waals surface area contributed by atoms with Gasteiger partial charge in [-0.1, -0.05) is 193 Å². The number of alkyl halides is 1. The van der Waals surface area contributed by atoms with Gasteiger partial charge < -0.3 is 52.5 Å². The number of aliphatic hydroxyl groups excluding tert-OH is 1. The van der Waals surface area contributed by atoms with Crippen LogP contribution in [0.25, 0.3) is 97.5 Å². The highest BCUT2D eigenvalue weighted by Gasteiger charge is 2.57. The molecule has 10 atom stereocenters. The molecule has 15 aliphatic heterocycles. The summed E-state index contributed by atoms with van der Waals surface area (Å²) < 4.78 is 11.9. The van der Waals surface area contributed by atoms with Crippen molar-refractivity contribution in [1.29, 1.82) is 0 Å². The van der Waals surface area contributed by atoms with Gasteiger partial charge in [-0.2, -0.15) is 0 Å². The van der Waals surface area contributed by atoms with E-state index in [1.54, 1.807) is 16.8 Å². The number of fused-ring (bicyclic) bond motifs is 15. The molecule has 15 aliphatic rings. The Morgan fingerprint density at radius 3 is 0.944 bits per heavy atom. The van der Waals surface area contributed by atoms with Crippen molar-refractivity contribution in [2.75, 3.05) is 90.6 Å². The van der Waals surface area contributed by atoms with E-state index in [9.17, 15) is 10.3 Å². The van der Waals surface area contributed by atoms with Crippen LogP contribution >= 0.6 is 22.6 Å². The van der Waals surface area contributed by atoms with E-state index in [1.807, 2.05) is 11.0 Å². The van der Waals surface area contributed by atoms with Gasteiger partial charge in [0.05, 0.1) is 91.8 Å². The molecule has 0 aliphatic carbocycles. The Balaban J connectivity index is 0.0000000983. The second kappa shape index (κ2) is 33.2. The van der Waals surface area contributed by atoms with E-state index in [0.717, 1.165) is 113 Å². The largest absolute Gasteiger partial charge is 0.390 e. The summed E-state index contributed by atoms with van der Waals surface area (Å²) in [5.74, 6) is 0.428. The van der Waals surface area contributed by atoms with E-state index in [0.29, 0.717) is 48.0 Å². The molecule has 0 unspecified atom stereocenters. The maximum Gasteiger partial charge on any atom is 0.338 e. The van der Waals surface area contributed by atoms with Crippen LogP contribution in [0.2, 0.25) is 0 Å². The van der Waals surface area contributed by atoms with Gasteiger partial charge in [0.2, 0.25) is 0 Å². The molecule has 646 valence electrons. The van der Waals surface area contributed by atoms with E-state index in [1.165, 1.54) is 217 Å². The Hall–Kier alpha value is -9.60. The lowest BCUT2D eigenvalue weighted by atomic mass is 9.66. The molecule has 5 aromatic heterocycles. The minimum Gasteiger partial charge on any atom is -0.390 e. The van der Waals surface area contributed by atoms with Crippen LogP contribution in [0.15, 0.2) is 162 Å². The fourth-order valence-corrected chi connectivity index (χ4v) is 28.0. The summed E-state index contributed by atoms with van der Waals surface area (Å²) in [5, 5.41) is 33.9. The average Bonchev–Trinajstić information content (AvgIpc) is 1.54. The zero-order valence-corrected chi connectivity index (χ0v) is 76.7. The minimum absolute atomic E-state index is 0.00770. The summed E-state index contributed by atoms with van der Waals surface area (Å²) >= 11 is 2.15. The van der Waals surface area contributed by atoms with Crippen molar-refractivity contribution in [2.24, 2.45) is 37.4 Å². The molecule has 2 N–H and O–H groups in total. The number of para-hydroxylation sites is 5. The van der Waals surface area contributed by atoms with E-state index < -0.39 is 0 Å². The molecule has 18 nitrogen and oxygen atoms in total. The first-order chi connectivity index (χ1) is 61.3. The molecule has 19 heteroatoms. The SMILES string of the molecule is CCC1=C[C@]2(CC)CCCN3CCc4c(n1c1ccccc41)[C@@H]32.CC[C@@]12C=C(CO)n3c4c(c5ccccc53)CCN(CCC1)[C@H]42.CI.[C-]#[N+]/C(=N\O)C1=C[C@]2(CC)CCCN3CCc4c(n1c1ccccc41)[C@@H]32.[C-]#[N+]/C(=N\OC)C1=C[C@]2(CC)CCCN3CCc4c(n1c1ccccc41)[C@@H]32.[C-]#[N+]CC1=C[C@]2(CC)CCCN3CCc4c(n1c1ccccc41)[C@@H]32. The first-order valence-electron chi connectivity index (χ1n) is 47.2. The number of nitrogens with zero attached hydrogens (tertiary/aromatic N) is 15. The molecule has 5 aromatic carbocycles. The summed E-state index contributed by atoms with van der Waals surface area (Å²) in [6, 6.07) is 46.0. The number of halogens is 1. The topological polar surface area (TPSA) is 128 Å². The highest BCUT2D eigenvalue weighted by atomic mass is 127. The molecular formula is C106H122IN15O3. The number of allylic oxidation sites excluding steroid dienone is 1. The van der Waals surface area contributed by atoms with Gasteiger partial charge in [0.25, 0.3) is 6.54 Å². The molecule has 0 radical (unpaired) electrons. The van der Waals surface area contributed by atoms with E-state index in [2.05, 4.69) is 282 Å². The van der Waals surface area contributed by atoms with E-state index in [-0.39, 0.29) is 34.1 Å². The first-order valence-corrected chi connectivity index (χ1v) is 49.3. The quantitative estimate of drug-likeness (QED) is 0.0249. The summed E-state index contributed by atoms with van der Waals surface area (Å²) in [5.41, 5.74) is 27.5. The summed E-state index contributed by atoms with van der Waals surface area (Å²) in [6.45, 7) is 49.1. The van der Waals surface area contributed by atoms with Crippen LogP contribution < -0.4 is 0 Å². The molecule has 5 saturated heterocycles. The predicted molar refractivity (Wildman–Crippen MR) is 517 cm³/mol. The first kappa shape index (κ1) is 83.6. The van der Waals surface area contributed by atoms with Crippen molar-refractivity contribution in [2.45, 2.75) is 207 Å². The number of hydrogen-bond acceptors (Lipinski definition) is 10. The number of oxime groups is 2. The standard InChI is InChI=1S/C22H24N4O.C21H22N4O.C21H23N3.C21H26N2.C20H24N2O.CH3I/c1-4-22-11-7-12-25-13-10-16-15-8-5-6-9-17(15)26(19(16)20(22)25)18(14-22)21(23-2)24-27-3;1-3-21-10-6-11-24-12-9-15-14-7-4-5-8-16(14)25(18(15)19(21)24)17(13-21)20(22-2)23-26;1-3-21-10-6-11-23-12-9-17-16-7-4-5-8-18(16)24(19(17)20(21)23)15(13-21)14-22-2;1-3-15-14-21(4-2)11-7-12-22-13-10-17-16-8-5-6-9-18(16)23(15)19(17)20(21)22;1-2-20-9-5-10-21-11-8-16-15-6-3-4-7-17(15)22(14(12-20)13-23)18(16)19(20)21;1-2/h5-6,8-9,14,20H,4,7,10-13H2,1,3H3;4-5,7-8,13,19,26H,3,6,9-12H2,1H3;4-5,7-8,13,20H,3,6,9-12,14H2,1H3;5-6,8-9,14,20H,3-4,7,10-13H2,1-2H3;3-4,6-7,12,19,23H,2,5,8-11,13H2,1H3;1H3/b24-21-;23-20-;;;;/t20-,22+;19-,21+;2*20-,21+;19-,20+;/m11111./s1. The molecule has 0 amide bonds. The molecule has 5 fully saturated rings.